The molecular weight excluding hydrogens is 228 g/mol. The molecule has 0 aromatic heterocycles. The lowest BCUT2D eigenvalue weighted by Gasteiger charge is -2.34. The first-order valence-corrected chi connectivity index (χ1v) is 7.28. The average Bonchev–Trinajstić information content (AvgIpc) is 2.41. The van der Waals surface area contributed by atoms with Crippen molar-refractivity contribution in [2.45, 2.75) is 57.4 Å². The summed E-state index contributed by atoms with van der Waals surface area (Å²) in [6.45, 7) is 2.16. The zero-order chi connectivity index (χ0) is 13.2. The molecule has 4 nitrogen and oxygen atoms in total. The fourth-order valence-electron chi connectivity index (χ4n) is 2.68. The number of rotatable bonds is 8. The molecule has 0 heterocycles. The van der Waals surface area contributed by atoms with E-state index >= 15 is 0 Å². The maximum Gasteiger partial charge on any atom is 0.222 e. The highest BCUT2D eigenvalue weighted by molar-refractivity contribution is 5.76. The van der Waals surface area contributed by atoms with Crippen molar-refractivity contribution in [1.82, 2.24) is 4.90 Å². The van der Waals surface area contributed by atoms with Crippen LogP contribution in [0.5, 0.6) is 0 Å². The van der Waals surface area contributed by atoms with Crippen LogP contribution in [-0.2, 0) is 9.53 Å². The van der Waals surface area contributed by atoms with Gasteiger partial charge in [0.1, 0.15) is 0 Å². The van der Waals surface area contributed by atoms with E-state index in [-0.39, 0.29) is 5.91 Å². The lowest BCUT2D eigenvalue weighted by molar-refractivity contribution is -0.134. The van der Waals surface area contributed by atoms with E-state index in [2.05, 4.69) is 4.90 Å². The molecule has 0 saturated heterocycles. The van der Waals surface area contributed by atoms with Gasteiger partial charge in [-0.2, -0.15) is 0 Å². The van der Waals surface area contributed by atoms with E-state index in [1.165, 1.54) is 32.1 Å². The largest absolute Gasteiger partial charge is 0.385 e. The molecule has 0 aliphatic heterocycles. The standard InChI is InChI=1S/C14H28N2O2/c1-18-12-5-9-14(17)16(11-6-10-15)13-7-3-2-4-8-13/h13H,2-12,15H2,1H3. The zero-order valence-electron chi connectivity index (χ0n) is 11.7. The molecule has 1 saturated carbocycles. The maximum absolute atomic E-state index is 12.3. The molecule has 0 aromatic carbocycles. The molecule has 1 fully saturated rings. The predicted molar refractivity (Wildman–Crippen MR) is 73.4 cm³/mol. The smallest absolute Gasteiger partial charge is 0.222 e. The Morgan fingerprint density at radius 1 is 1.28 bits per heavy atom. The van der Waals surface area contributed by atoms with Gasteiger partial charge in [0.25, 0.3) is 0 Å². The molecule has 1 aliphatic carbocycles. The summed E-state index contributed by atoms with van der Waals surface area (Å²) < 4.78 is 5.01. The Labute approximate surface area is 111 Å². The van der Waals surface area contributed by atoms with Crippen molar-refractivity contribution in [3.63, 3.8) is 0 Å². The van der Waals surface area contributed by atoms with E-state index < -0.39 is 0 Å². The van der Waals surface area contributed by atoms with Gasteiger partial charge in [-0.15, -0.1) is 0 Å². The van der Waals surface area contributed by atoms with Crippen LogP contribution in [0.15, 0.2) is 0 Å². The second-order valence-corrected chi connectivity index (χ2v) is 5.12. The second-order valence-electron chi connectivity index (χ2n) is 5.12. The van der Waals surface area contributed by atoms with Crippen LogP contribution in [0.2, 0.25) is 0 Å². The first-order chi connectivity index (χ1) is 8.79. The van der Waals surface area contributed by atoms with E-state index in [0.29, 0.717) is 25.6 Å². The molecule has 4 heteroatoms. The molecule has 2 N–H and O–H groups in total. The van der Waals surface area contributed by atoms with Gasteiger partial charge in [0.05, 0.1) is 0 Å². The highest BCUT2D eigenvalue weighted by atomic mass is 16.5. The van der Waals surface area contributed by atoms with Gasteiger partial charge in [0.15, 0.2) is 0 Å². The number of hydrogen-bond acceptors (Lipinski definition) is 3. The summed E-state index contributed by atoms with van der Waals surface area (Å²) in [6.07, 6.45) is 8.51. The molecule has 0 atom stereocenters. The Kier molecular flexibility index (Phi) is 8.01. The molecule has 18 heavy (non-hydrogen) atoms. The zero-order valence-corrected chi connectivity index (χ0v) is 11.7. The number of hydrogen-bond donors (Lipinski definition) is 1. The number of carbonyl (C=O) groups is 1. The van der Waals surface area contributed by atoms with Gasteiger partial charge in [0, 0.05) is 32.7 Å². The lowest BCUT2D eigenvalue weighted by Crippen LogP contribution is -2.42. The van der Waals surface area contributed by atoms with Crippen LogP contribution in [0.25, 0.3) is 0 Å². The third-order valence-corrected chi connectivity index (χ3v) is 3.68. The summed E-state index contributed by atoms with van der Waals surface area (Å²) in [5, 5.41) is 0. The quantitative estimate of drug-likeness (QED) is 0.675. The van der Waals surface area contributed by atoms with Crippen LogP contribution in [0.3, 0.4) is 0 Å². The van der Waals surface area contributed by atoms with Crippen molar-refractivity contribution in [2.24, 2.45) is 5.73 Å². The number of nitrogens with zero attached hydrogens (tertiary/aromatic N) is 1. The van der Waals surface area contributed by atoms with Crippen molar-refractivity contribution >= 4 is 5.91 Å². The fourth-order valence-corrected chi connectivity index (χ4v) is 2.68. The molecule has 0 unspecified atom stereocenters. The monoisotopic (exact) mass is 256 g/mol. The van der Waals surface area contributed by atoms with Gasteiger partial charge >= 0.3 is 0 Å². The van der Waals surface area contributed by atoms with Gasteiger partial charge in [-0.1, -0.05) is 19.3 Å². The summed E-state index contributed by atoms with van der Waals surface area (Å²) in [7, 11) is 1.68. The summed E-state index contributed by atoms with van der Waals surface area (Å²) >= 11 is 0. The Morgan fingerprint density at radius 2 is 2.00 bits per heavy atom. The Morgan fingerprint density at radius 3 is 2.61 bits per heavy atom. The fraction of sp³-hybridized carbons (Fsp3) is 0.929. The number of carbonyl (C=O) groups excluding carboxylic acids is 1. The summed E-state index contributed by atoms with van der Waals surface area (Å²) in [5.41, 5.74) is 5.57. The van der Waals surface area contributed by atoms with Crippen molar-refractivity contribution < 1.29 is 9.53 Å². The minimum Gasteiger partial charge on any atom is -0.385 e. The SMILES string of the molecule is COCCCC(=O)N(CCCN)C1CCCCC1. The molecule has 0 aromatic rings. The Balaban J connectivity index is 2.44. The van der Waals surface area contributed by atoms with Crippen molar-refractivity contribution in [1.29, 1.82) is 0 Å². The summed E-state index contributed by atoms with van der Waals surface area (Å²) in [5.74, 6) is 0.285. The van der Waals surface area contributed by atoms with E-state index in [0.717, 1.165) is 19.4 Å². The van der Waals surface area contributed by atoms with Gasteiger partial charge in [-0.05, 0) is 32.2 Å². The van der Waals surface area contributed by atoms with E-state index in [4.69, 9.17) is 10.5 Å². The third-order valence-electron chi connectivity index (χ3n) is 3.68. The van der Waals surface area contributed by atoms with E-state index in [1.807, 2.05) is 0 Å². The van der Waals surface area contributed by atoms with Gasteiger partial charge in [0.2, 0.25) is 5.91 Å². The third kappa shape index (κ3) is 5.36. The molecule has 0 spiro atoms. The average molecular weight is 256 g/mol. The number of nitrogens with two attached hydrogens (primary N) is 1. The Bertz CT molecular complexity index is 228. The number of methoxy groups -OCH3 is 1. The van der Waals surface area contributed by atoms with Crippen LogP contribution in [0.1, 0.15) is 51.4 Å². The van der Waals surface area contributed by atoms with E-state index in [9.17, 15) is 4.79 Å². The molecule has 1 amide bonds. The van der Waals surface area contributed by atoms with Crippen LogP contribution >= 0.6 is 0 Å². The molecule has 106 valence electrons. The first-order valence-electron chi connectivity index (χ1n) is 7.28. The molecular formula is C14H28N2O2. The van der Waals surface area contributed by atoms with Gasteiger partial charge in [-0.25, -0.2) is 0 Å². The minimum absolute atomic E-state index is 0.285. The van der Waals surface area contributed by atoms with Crippen LogP contribution in [-0.4, -0.2) is 43.7 Å². The van der Waals surface area contributed by atoms with Crippen molar-refractivity contribution in [3.05, 3.63) is 0 Å². The predicted octanol–water partition coefficient (Wildman–Crippen LogP) is 1.92. The van der Waals surface area contributed by atoms with Crippen LogP contribution < -0.4 is 5.73 Å². The molecule has 1 rings (SSSR count). The topological polar surface area (TPSA) is 55.6 Å². The van der Waals surface area contributed by atoms with Gasteiger partial charge in [-0.3, -0.25) is 4.79 Å². The highest BCUT2D eigenvalue weighted by Gasteiger charge is 2.24. The summed E-state index contributed by atoms with van der Waals surface area (Å²) in [6, 6.07) is 0.459. The first kappa shape index (κ1) is 15.4. The molecule has 0 radical (unpaired) electrons. The summed E-state index contributed by atoms with van der Waals surface area (Å²) in [4.78, 5) is 14.3. The number of ether oxygens (including phenoxy) is 1. The number of amides is 1. The normalized spacial score (nSPS) is 16.8. The maximum atomic E-state index is 12.3. The van der Waals surface area contributed by atoms with Crippen molar-refractivity contribution in [3.8, 4) is 0 Å². The Hall–Kier alpha value is -0.610. The van der Waals surface area contributed by atoms with Crippen molar-refractivity contribution in [2.75, 3.05) is 26.8 Å². The highest BCUT2D eigenvalue weighted by Crippen LogP contribution is 2.23. The van der Waals surface area contributed by atoms with Crippen LogP contribution in [0.4, 0.5) is 0 Å². The molecule has 0 bridgehead atoms. The lowest BCUT2D eigenvalue weighted by atomic mass is 9.93. The second kappa shape index (κ2) is 9.34. The minimum atomic E-state index is 0.285. The van der Waals surface area contributed by atoms with Gasteiger partial charge < -0.3 is 15.4 Å². The van der Waals surface area contributed by atoms with E-state index in [1.54, 1.807) is 7.11 Å². The molecule has 1 aliphatic rings. The van der Waals surface area contributed by atoms with Crippen LogP contribution in [0, 0.1) is 0 Å².